The van der Waals surface area contributed by atoms with E-state index in [-0.39, 0.29) is 28.1 Å². The number of carbonyl (C=O) groups excluding carboxylic acids is 2. The first-order valence-electron chi connectivity index (χ1n) is 13.6. The molecule has 42 heavy (non-hydrogen) atoms. The van der Waals surface area contributed by atoms with Crippen molar-refractivity contribution in [2.75, 3.05) is 14.2 Å². The van der Waals surface area contributed by atoms with Crippen molar-refractivity contribution in [1.82, 2.24) is 15.1 Å². The molecular formula is C32H32N4O6. The van der Waals surface area contributed by atoms with Crippen LogP contribution >= 0.6 is 0 Å². The molecule has 0 saturated carbocycles. The van der Waals surface area contributed by atoms with E-state index in [4.69, 9.17) is 14.6 Å². The van der Waals surface area contributed by atoms with Gasteiger partial charge in [-0.05, 0) is 47.2 Å². The SMILES string of the molecule is COc1ccc(Cc2nn(-c3ccc(C(=O)NCc4ccccc4)cc3[N+](=O)[O-])c3c2C(=O)CC(C)(C)C3)cc1OC. The fourth-order valence-corrected chi connectivity index (χ4v) is 5.40. The van der Waals surface area contributed by atoms with Gasteiger partial charge in [-0.3, -0.25) is 19.7 Å². The molecule has 10 heteroatoms. The van der Waals surface area contributed by atoms with Crippen LogP contribution in [-0.2, 0) is 19.4 Å². The number of nitrogens with zero attached hydrogens (tertiary/aromatic N) is 3. The van der Waals surface area contributed by atoms with Gasteiger partial charge in [-0.2, -0.15) is 5.10 Å². The molecule has 216 valence electrons. The lowest BCUT2D eigenvalue weighted by Crippen LogP contribution is -2.28. The minimum absolute atomic E-state index is 0.0532. The molecule has 0 bridgehead atoms. The third-order valence-corrected chi connectivity index (χ3v) is 7.40. The first kappa shape index (κ1) is 28.5. The van der Waals surface area contributed by atoms with Gasteiger partial charge in [0.2, 0.25) is 0 Å². The largest absolute Gasteiger partial charge is 0.493 e. The van der Waals surface area contributed by atoms with Gasteiger partial charge in [0.05, 0.1) is 36.1 Å². The van der Waals surface area contributed by atoms with Crippen molar-refractivity contribution < 1.29 is 24.0 Å². The maximum atomic E-state index is 13.4. The summed E-state index contributed by atoms with van der Waals surface area (Å²) in [5.41, 5.74) is 3.11. The van der Waals surface area contributed by atoms with Crippen LogP contribution in [0.5, 0.6) is 11.5 Å². The maximum absolute atomic E-state index is 13.4. The second-order valence-corrected chi connectivity index (χ2v) is 11.1. The second-order valence-electron chi connectivity index (χ2n) is 11.1. The second kappa shape index (κ2) is 11.5. The van der Waals surface area contributed by atoms with E-state index in [1.807, 2.05) is 56.3 Å². The van der Waals surface area contributed by atoms with Crippen LogP contribution in [0.3, 0.4) is 0 Å². The van der Waals surface area contributed by atoms with Crippen molar-refractivity contribution in [3.8, 4) is 17.2 Å². The summed E-state index contributed by atoms with van der Waals surface area (Å²) in [4.78, 5) is 38.1. The number of nitro groups is 1. The first-order chi connectivity index (χ1) is 20.1. The van der Waals surface area contributed by atoms with E-state index < -0.39 is 10.8 Å². The van der Waals surface area contributed by atoms with E-state index >= 15 is 0 Å². The minimum atomic E-state index is -0.527. The number of carbonyl (C=O) groups is 2. The van der Waals surface area contributed by atoms with Crippen LogP contribution in [0.4, 0.5) is 5.69 Å². The molecular weight excluding hydrogens is 536 g/mol. The Bertz CT molecular complexity index is 1680. The zero-order valence-electron chi connectivity index (χ0n) is 24.0. The number of hydrogen-bond donors (Lipinski definition) is 1. The van der Waals surface area contributed by atoms with Gasteiger partial charge >= 0.3 is 0 Å². The molecule has 1 aliphatic rings. The Balaban J connectivity index is 1.55. The molecule has 0 spiro atoms. The molecule has 1 heterocycles. The standard InChI is InChI=1S/C32H32N4O6/c1-32(2)17-26-30(27(37)18-32)23(14-21-10-13-28(41-3)29(15-21)42-4)34-35(26)24-12-11-22(16-25(24)36(39)40)31(38)33-19-20-8-6-5-7-9-20/h5-13,15-16H,14,17-19H2,1-4H3,(H,33,38). The highest BCUT2D eigenvalue weighted by atomic mass is 16.6. The van der Waals surface area contributed by atoms with Crippen molar-refractivity contribution in [3.63, 3.8) is 0 Å². The van der Waals surface area contributed by atoms with Crippen LogP contribution < -0.4 is 14.8 Å². The number of fused-ring (bicyclic) bond motifs is 1. The van der Waals surface area contributed by atoms with Crippen molar-refractivity contribution in [2.45, 2.75) is 39.7 Å². The maximum Gasteiger partial charge on any atom is 0.295 e. The average Bonchev–Trinajstić information content (AvgIpc) is 3.32. The van der Waals surface area contributed by atoms with Crippen LogP contribution in [0.1, 0.15) is 63.5 Å². The number of ether oxygens (including phenoxy) is 2. The molecule has 0 aliphatic heterocycles. The zero-order valence-corrected chi connectivity index (χ0v) is 24.0. The molecule has 3 aromatic carbocycles. The molecule has 0 fully saturated rings. The van der Waals surface area contributed by atoms with Gasteiger partial charge in [-0.1, -0.05) is 50.2 Å². The fraction of sp³-hybridized carbons (Fsp3) is 0.281. The van der Waals surface area contributed by atoms with Gasteiger partial charge in [0.1, 0.15) is 5.69 Å². The molecule has 0 radical (unpaired) electrons. The van der Waals surface area contributed by atoms with Crippen LogP contribution in [0.25, 0.3) is 5.69 Å². The van der Waals surface area contributed by atoms with Gasteiger partial charge in [-0.25, -0.2) is 4.68 Å². The van der Waals surface area contributed by atoms with Gasteiger partial charge in [-0.15, -0.1) is 0 Å². The summed E-state index contributed by atoms with van der Waals surface area (Å²) >= 11 is 0. The summed E-state index contributed by atoms with van der Waals surface area (Å²) in [6.07, 6.45) is 1.16. The van der Waals surface area contributed by atoms with Crippen molar-refractivity contribution in [2.24, 2.45) is 5.41 Å². The predicted octanol–water partition coefficient (Wildman–Crippen LogP) is 5.47. The molecule has 0 saturated heterocycles. The number of Topliss-reactive ketones (excluding diaryl/α,β-unsaturated/α-hetero) is 1. The molecule has 4 aromatic rings. The van der Waals surface area contributed by atoms with Crippen molar-refractivity contribution in [3.05, 3.63) is 110 Å². The fourth-order valence-electron chi connectivity index (χ4n) is 5.40. The molecule has 5 rings (SSSR count). The molecule has 1 amide bonds. The van der Waals surface area contributed by atoms with Gasteiger partial charge < -0.3 is 14.8 Å². The highest BCUT2D eigenvalue weighted by Gasteiger charge is 2.37. The number of benzene rings is 3. The van der Waals surface area contributed by atoms with E-state index in [1.165, 1.54) is 16.8 Å². The van der Waals surface area contributed by atoms with Crippen LogP contribution in [-0.4, -0.2) is 40.6 Å². The lowest BCUT2D eigenvalue weighted by Gasteiger charge is -2.29. The Hall–Kier alpha value is -4.99. The molecule has 1 aromatic heterocycles. The Morgan fingerprint density at radius 1 is 1.00 bits per heavy atom. The molecule has 1 aliphatic carbocycles. The topological polar surface area (TPSA) is 126 Å². The molecule has 0 unspecified atom stereocenters. The summed E-state index contributed by atoms with van der Waals surface area (Å²) < 4.78 is 12.3. The zero-order chi connectivity index (χ0) is 30.0. The summed E-state index contributed by atoms with van der Waals surface area (Å²) in [6.45, 7) is 4.28. The van der Waals surface area contributed by atoms with E-state index in [1.54, 1.807) is 26.4 Å². The number of nitrogens with one attached hydrogen (secondary N) is 1. The van der Waals surface area contributed by atoms with Gasteiger partial charge in [0.15, 0.2) is 17.3 Å². The van der Waals surface area contributed by atoms with Crippen molar-refractivity contribution >= 4 is 17.4 Å². The Morgan fingerprint density at radius 2 is 1.74 bits per heavy atom. The minimum Gasteiger partial charge on any atom is -0.493 e. The van der Waals surface area contributed by atoms with Crippen LogP contribution in [0.15, 0.2) is 66.7 Å². The average molecular weight is 569 g/mol. The van der Waals surface area contributed by atoms with E-state index in [2.05, 4.69) is 5.32 Å². The summed E-state index contributed by atoms with van der Waals surface area (Å²) in [6, 6.07) is 19.2. The number of amides is 1. The molecule has 1 N–H and O–H groups in total. The van der Waals surface area contributed by atoms with Gasteiger partial charge in [0, 0.05) is 31.0 Å². The molecule has 0 atom stereocenters. The first-order valence-corrected chi connectivity index (χ1v) is 13.6. The quantitative estimate of drug-likeness (QED) is 0.210. The number of methoxy groups -OCH3 is 2. The third-order valence-electron chi connectivity index (χ3n) is 7.40. The van der Waals surface area contributed by atoms with Gasteiger partial charge in [0.25, 0.3) is 11.6 Å². The monoisotopic (exact) mass is 568 g/mol. The lowest BCUT2D eigenvalue weighted by atomic mass is 9.75. The van der Waals surface area contributed by atoms with Crippen LogP contribution in [0.2, 0.25) is 0 Å². The van der Waals surface area contributed by atoms with Crippen LogP contribution in [0, 0.1) is 15.5 Å². The Kier molecular flexibility index (Phi) is 7.80. The van der Waals surface area contributed by atoms with E-state index in [9.17, 15) is 19.7 Å². The number of rotatable bonds is 9. The predicted molar refractivity (Wildman–Crippen MR) is 157 cm³/mol. The number of hydrogen-bond acceptors (Lipinski definition) is 7. The third kappa shape index (κ3) is 5.74. The van der Waals surface area contributed by atoms with Crippen molar-refractivity contribution in [1.29, 1.82) is 0 Å². The Labute approximate surface area is 243 Å². The summed E-state index contributed by atoms with van der Waals surface area (Å²) in [5.74, 6) is 0.645. The smallest absolute Gasteiger partial charge is 0.295 e. The number of ketones is 1. The number of aromatic nitrogens is 2. The highest BCUT2D eigenvalue weighted by molar-refractivity contribution is 6.00. The normalized spacial score (nSPS) is 13.8. The van der Waals surface area contributed by atoms with E-state index in [0.717, 1.165) is 11.1 Å². The molecule has 10 nitrogen and oxygen atoms in total. The summed E-state index contributed by atoms with van der Waals surface area (Å²) in [7, 11) is 3.11. The lowest BCUT2D eigenvalue weighted by molar-refractivity contribution is -0.384. The van der Waals surface area contributed by atoms with E-state index in [0.29, 0.717) is 54.3 Å². The summed E-state index contributed by atoms with van der Waals surface area (Å²) in [5, 5.41) is 19.9. The number of nitro benzene ring substituents is 1. The Morgan fingerprint density at radius 3 is 2.43 bits per heavy atom. The highest BCUT2D eigenvalue weighted by Crippen LogP contribution is 2.39.